The maximum atomic E-state index is 13.0. The van der Waals surface area contributed by atoms with Crippen LogP contribution in [0.5, 0.6) is 0 Å². The number of nitrogens with one attached hydrogen (secondary N) is 2. The van der Waals surface area contributed by atoms with Crippen LogP contribution in [0.15, 0.2) is 82.2 Å². The number of benzene rings is 2. The fraction of sp³-hybridized carbons (Fsp3) is 0.207. The SMILES string of the molecule is Cc1ccc(S(=O)(=O)NC(=O)c2ccccc2C(=O)OCC2=C(C(=O)O)N3C(=O)[C@@H](NC(=O)Cc4cccs4)[C@H]3SC2)cc1.[NaH]. The van der Waals surface area contributed by atoms with Gasteiger partial charge in [0.2, 0.25) is 5.91 Å². The number of thiophene rings is 1. The minimum atomic E-state index is -4.24. The van der Waals surface area contributed by atoms with Gasteiger partial charge >= 0.3 is 41.5 Å². The molecule has 1 fully saturated rings. The number of carbonyl (C=O) groups excluding carboxylic acids is 4. The summed E-state index contributed by atoms with van der Waals surface area (Å²) in [5.74, 6) is -4.32. The van der Waals surface area contributed by atoms with Gasteiger partial charge in [0.1, 0.15) is 23.7 Å². The standard InChI is InChI=1S/C29H25N3O9S3.Na.H/c1-16-8-10-19(11-9-16)44(39,40)31-25(34)20-6-2-3-7-21(20)29(38)41-14-17-15-43-27-23(26(35)32(27)24(17)28(36)37)30-22(33)13-18-5-4-12-42-18;;/h2-12,23,27H,13-15H2,1H3,(H,30,33)(H,31,34)(H,36,37);;/t23-,27-;;/m1../s1. The molecule has 3 N–H and O–H groups in total. The van der Waals surface area contributed by atoms with Crippen molar-refractivity contribution in [3.63, 3.8) is 0 Å². The zero-order chi connectivity index (χ0) is 31.6. The predicted octanol–water partition coefficient (Wildman–Crippen LogP) is 1.66. The molecule has 0 radical (unpaired) electrons. The van der Waals surface area contributed by atoms with Crippen LogP contribution in [0.25, 0.3) is 0 Å². The second kappa shape index (κ2) is 14.3. The molecule has 3 aromatic rings. The van der Waals surface area contributed by atoms with Crippen LogP contribution in [-0.2, 0) is 35.6 Å². The third kappa shape index (κ3) is 7.51. The molecule has 0 bridgehead atoms. The van der Waals surface area contributed by atoms with Gasteiger partial charge in [-0.05, 0) is 42.6 Å². The van der Waals surface area contributed by atoms with E-state index in [4.69, 9.17) is 4.74 Å². The number of ether oxygens (including phenoxy) is 1. The Morgan fingerprint density at radius 2 is 1.71 bits per heavy atom. The summed E-state index contributed by atoms with van der Waals surface area (Å²) in [6.45, 7) is 1.28. The van der Waals surface area contributed by atoms with Gasteiger partial charge in [-0.3, -0.25) is 19.3 Å². The van der Waals surface area contributed by atoms with E-state index in [1.165, 1.54) is 59.5 Å². The zero-order valence-corrected chi connectivity index (χ0v) is 25.5. The number of amides is 3. The van der Waals surface area contributed by atoms with Crippen molar-refractivity contribution < 1.29 is 42.2 Å². The van der Waals surface area contributed by atoms with Crippen LogP contribution in [0.4, 0.5) is 0 Å². The number of aryl methyl sites for hydroxylation is 1. The van der Waals surface area contributed by atoms with Crippen LogP contribution in [0.2, 0.25) is 0 Å². The van der Waals surface area contributed by atoms with Gasteiger partial charge < -0.3 is 15.2 Å². The Bertz CT molecular complexity index is 1790. The van der Waals surface area contributed by atoms with Crippen molar-refractivity contribution in [1.29, 1.82) is 0 Å². The molecule has 12 nitrogen and oxygen atoms in total. The molecular formula is C29H26N3NaO9S3. The van der Waals surface area contributed by atoms with E-state index in [1.54, 1.807) is 25.1 Å². The Morgan fingerprint density at radius 3 is 2.36 bits per heavy atom. The first kappa shape index (κ1) is 34.4. The van der Waals surface area contributed by atoms with Crippen molar-refractivity contribution in [2.75, 3.05) is 12.4 Å². The fourth-order valence-electron chi connectivity index (χ4n) is 4.63. The van der Waals surface area contributed by atoms with E-state index in [9.17, 15) is 37.5 Å². The number of carbonyl (C=O) groups is 5. The average Bonchev–Trinajstić information content (AvgIpc) is 3.51. The van der Waals surface area contributed by atoms with Crippen LogP contribution >= 0.6 is 23.1 Å². The van der Waals surface area contributed by atoms with E-state index in [-0.39, 0.29) is 74.9 Å². The van der Waals surface area contributed by atoms with E-state index in [2.05, 4.69) is 5.32 Å². The summed E-state index contributed by atoms with van der Waals surface area (Å²) in [5, 5.41) is 13.8. The molecule has 1 aromatic heterocycles. The van der Waals surface area contributed by atoms with E-state index < -0.39 is 51.8 Å². The first-order valence-electron chi connectivity index (χ1n) is 13.1. The molecular weight excluding hydrogens is 654 g/mol. The van der Waals surface area contributed by atoms with Gasteiger partial charge in [-0.1, -0.05) is 35.9 Å². The first-order valence-corrected chi connectivity index (χ1v) is 16.5. The van der Waals surface area contributed by atoms with Crippen molar-refractivity contribution in [1.82, 2.24) is 14.9 Å². The summed E-state index contributed by atoms with van der Waals surface area (Å²) >= 11 is 2.62. The third-order valence-corrected chi connectivity index (χ3v) is 10.4. The van der Waals surface area contributed by atoms with Gasteiger partial charge in [0, 0.05) is 16.2 Å². The average molecular weight is 680 g/mol. The zero-order valence-electron chi connectivity index (χ0n) is 23.0. The number of β-lactam (4-membered cyclic amide) rings is 1. The predicted molar refractivity (Wildman–Crippen MR) is 167 cm³/mol. The first-order chi connectivity index (χ1) is 21.0. The van der Waals surface area contributed by atoms with Crippen LogP contribution < -0.4 is 10.0 Å². The van der Waals surface area contributed by atoms with Crippen molar-refractivity contribution >= 4 is 92.3 Å². The van der Waals surface area contributed by atoms with E-state index in [0.717, 1.165) is 15.3 Å². The number of carboxylic acid groups (broad SMARTS) is 1. The van der Waals surface area contributed by atoms with Gasteiger partial charge in [0.05, 0.1) is 22.4 Å². The summed E-state index contributed by atoms with van der Waals surface area (Å²) in [6, 6.07) is 14.0. The summed E-state index contributed by atoms with van der Waals surface area (Å²) in [7, 11) is -4.24. The number of sulfonamides is 1. The third-order valence-electron chi connectivity index (χ3n) is 6.81. The second-order valence-electron chi connectivity index (χ2n) is 9.84. The normalized spacial score (nSPS) is 17.4. The van der Waals surface area contributed by atoms with E-state index in [1.807, 2.05) is 16.2 Å². The van der Waals surface area contributed by atoms with Crippen molar-refractivity contribution in [3.8, 4) is 0 Å². The number of hydrogen-bond donors (Lipinski definition) is 3. The van der Waals surface area contributed by atoms with Gasteiger partial charge in [-0.2, -0.15) is 0 Å². The Hall–Kier alpha value is -3.47. The number of esters is 1. The molecule has 3 heterocycles. The molecule has 45 heavy (non-hydrogen) atoms. The fourth-order valence-corrected chi connectivity index (χ4v) is 7.63. The second-order valence-corrected chi connectivity index (χ2v) is 13.7. The monoisotopic (exact) mass is 679 g/mol. The van der Waals surface area contributed by atoms with E-state index >= 15 is 0 Å². The quantitative estimate of drug-likeness (QED) is 0.162. The number of rotatable bonds is 10. The number of thioether (sulfide) groups is 1. The molecule has 3 amide bonds. The maximum absolute atomic E-state index is 13.0. The van der Waals surface area contributed by atoms with Crippen molar-refractivity contribution in [2.24, 2.45) is 0 Å². The molecule has 2 aliphatic heterocycles. The topological polar surface area (TPSA) is 176 Å². The van der Waals surface area contributed by atoms with Crippen LogP contribution in [-0.4, -0.2) is 101 Å². The van der Waals surface area contributed by atoms with Crippen LogP contribution in [0.3, 0.4) is 0 Å². The molecule has 0 saturated carbocycles. The molecule has 2 atom stereocenters. The molecule has 16 heteroatoms. The molecule has 2 aromatic carbocycles. The number of aliphatic carboxylic acids is 1. The molecule has 0 spiro atoms. The minimum absolute atomic E-state index is 0. The summed E-state index contributed by atoms with van der Waals surface area (Å²) in [5.41, 5.74) is 0.124. The Kier molecular flexibility index (Phi) is 10.9. The van der Waals surface area contributed by atoms with Gasteiger partial charge in [0.25, 0.3) is 21.8 Å². The van der Waals surface area contributed by atoms with Crippen LogP contribution in [0.1, 0.15) is 31.2 Å². The molecule has 1 saturated heterocycles. The summed E-state index contributed by atoms with van der Waals surface area (Å²) < 4.78 is 32.7. The summed E-state index contributed by atoms with van der Waals surface area (Å²) in [6.07, 6.45) is 0.0963. The molecule has 0 aliphatic carbocycles. The number of fused-ring (bicyclic) bond motifs is 1. The summed E-state index contributed by atoms with van der Waals surface area (Å²) in [4.78, 5) is 65.2. The molecule has 230 valence electrons. The Labute approximate surface area is 288 Å². The Balaban J connectivity index is 0.00000461. The van der Waals surface area contributed by atoms with Gasteiger partial charge in [-0.25, -0.2) is 22.7 Å². The molecule has 0 unspecified atom stereocenters. The number of hydrogen-bond acceptors (Lipinski definition) is 10. The van der Waals surface area contributed by atoms with Crippen LogP contribution in [0, 0.1) is 6.92 Å². The van der Waals surface area contributed by atoms with Crippen molar-refractivity contribution in [3.05, 3.63) is 98.9 Å². The van der Waals surface area contributed by atoms with Gasteiger partial charge in [0.15, 0.2) is 0 Å². The molecule has 5 rings (SSSR count). The molecule has 2 aliphatic rings. The van der Waals surface area contributed by atoms with E-state index in [0.29, 0.717) is 0 Å². The van der Waals surface area contributed by atoms with Crippen molar-refractivity contribution in [2.45, 2.75) is 29.7 Å². The number of carboxylic acids is 1. The van der Waals surface area contributed by atoms with Gasteiger partial charge in [-0.15, -0.1) is 23.1 Å². The Morgan fingerprint density at radius 1 is 1.02 bits per heavy atom. The number of nitrogens with zero attached hydrogens (tertiary/aromatic N) is 1.